The second-order valence-corrected chi connectivity index (χ2v) is 8.61. The number of para-hydroxylation sites is 1. The summed E-state index contributed by atoms with van der Waals surface area (Å²) in [5, 5.41) is 3.82. The van der Waals surface area contributed by atoms with Gasteiger partial charge in [-0.25, -0.2) is 4.79 Å². The summed E-state index contributed by atoms with van der Waals surface area (Å²) in [5.74, 6) is 0.880. The maximum Gasteiger partial charge on any atom is 0.333 e. The quantitative estimate of drug-likeness (QED) is 0.645. The van der Waals surface area contributed by atoms with Crippen molar-refractivity contribution in [2.24, 2.45) is 11.3 Å². The smallest absolute Gasteiger partial charge is 0.333 e. The lowest BCUT2D eigenvalue weighted by Crippen LogP contribution is -2.62. The summed E-state index contributed by atoms with van der Waals surface area (Å²) in [6.45, 7) is 2.09. The maximum atomic E-state index is 12.6. The molecule has 6 rings (SSSR count). The highest BCUT2D eigenvalue weighted by molar-refractivity contribution is 5.91. The third-order valence-electron chi connectivity index (χ3n) is 7.77. The Kier molecular flexibility index (Phi) is 2.89. The van der Waals surface area contributed by atoms with E-state index in [4.69, 9.17) is 9.47 Å². The summed E-state index contributed by atoms with van der Waals surface area (Å²) in [6, 6.07) is 6.97. The number of carbonyl (C=O) groups excluding carboxylic acids is 1. The number of nitrogens with one attached hydrogen (secondary N) is 1. The fraction of sp³-hybridized carbons (Fsp3) is 0.500. The second kappa shape index (κ2) is 4.96. The zero-order chi connectivity index (χ0) is 18.4. The van der Waals surface area contributed by atoms with Gasteiger partial charge in [-0.3, -0.25) is 4.90 Å². The molecule has 2 spiro atoms. The van der Waals surface area contributed by atoms with Gasteiger partial charge in [-0.15, -0.1) is 0 Å². The molecule has 0 aromatic heterocycles. The highest BCUT2D eigenvalue weighted by Gasteiger charge is 2.71. The Hall–Kier alpha value is -2.27. The molecule has 0 amide bonds. The van der Waals surface area contributed by atoms with Crippen molar-refractivity contribution in [3.63, 3.8) is 0 Å². The van der Waals surface area contributed by atoms with Gasteiger partial charge in [0.05, 0.1) is 19.9 Å². The van der Waals surface area contributed by atoms with Gasteiger partial charge in [0.2, 0.25) is 0 Å². The van der Waals surface area contributed by atoms with E-state index in [2.05, 4.69) is 40.6 Å². The Morgan fingerprint density at radius 1 is 1.33 bits per heavy atom. The second-order valence-electron chi connectivity index (χ2n) is 8.61. The number of rotatable bonds is 2. The fourth-order valence-electron chi connectivity index (χ4n) is 7.07. The van der Waals surface area contributed by atoms with Crippen LogP contribution in [-0.4, -0.2) is 50.3 Å². The number of hydrogen-bond acceptors (Lipinski definition) is 5. The molecule has 1 aromatic rings. The molecule has 1 saturated heterocycles. The molecule has 5 nitrogen and oxygen atoms in total. The number of fused-ring (bicyclic) bond motifs is 3. The van der Waals surface area contributed by atoms with Crippen LogP contribution in [0.2, 0.25) is 0 Å². The maximum absolute atomic E-state index is 12.6. The minimum absolute atomic E-state index is 0.00379. The van der Waals surface area contributed by atoms with E-state index in [1.54, 1.807) is 7.11 Å². The molecule has 3 aliphatic heterocycles. The Morgan fingerprint density at radius 2 is 2.22 bits per heavy atom. The van der Waals surface area contributed by atoms with Crippen molar-refractivity contribution in [3.8, 4) is 5.75 Å². The van der Waals surface area contributed by atoms with Crippen LogP contribution < -0.4 is 10.1 Å². The first-order valence-corrected chi connectivity index (χ1v) is 9.81. The van der Waals surface area contributed by atoms with E-state index in [0.29, 0.717) is 6.04 Å². The Labute approximate surface area is 159 Å². The number of ether oxygens (including phenoxy) is 2. The van der Waals surface area contributed by atoms with Gasteiger partial charge in [-0.1, -0.05) is 30.4 Å². The zero-order valence-electron chi connectivity index (χ0n) is 15.7. The van der Waals surface area contributed by atoms with Gasteiger partial charge in [0.25, 0.3) is 0 Å². The van der Waals surface area contributed by atoms with Crippen molar-refractivity contribution in [1.29, 1.82) is 0 Å². The predicted octanol–water partition coefficient (Wildman–Crippen LogP) is 2.49. The SMILES string of the molecule is COC(=O)C1=C[C@@]23C=CCN4CCC5(c6cccc(OC)c6NC5[C@H]1C2)[C@@H]43. The first kappa shape index (κ1) is 15.8. The topological polar surface area (TPSA) is 50.8 Å². The van der Waals surface area contributed by atoms with Gasteiger partial charge in [0.1, 0.15) is 5.75 Å². The lowest BCUT2D eigenvalue weighted by Gasteiger charge is -2.54. The minimum atomic E-state index is -0.178. The van der Waals surface area contributed by atoms with Crippen molar-refractivity contribution in [3.05, 3.63) is 47.6 Å². The summed E-state index contributed by atoms with van der Waals surface area (Å²) in [4.78, 5) is 15.3. The monoisotopic (exact) mass is 364 g/mol. The van der Waals surface area contributed by atoms with Crippen LogP contribution in [-0.2, 0) is 14.9 Å². The van der Waals surface area contributed by atoms with Crippen LogP contribution in [0.4, 0.5) is 5.69 Å². The molecule has 5 aliphatic rings. The normalized spacial score (nSPS) is 39.9. The Bertz CT molecular complexity index is 922. The molecular weight excluding hydrogens is 340 g/mol. The number of nitrogens with zero attached hydrogens (tertiary/aromatic N) is 1. The van der Waals surface area contributed by atoms with E-state index >= 15 is 0 Å². The molecule has 1 N–H and O–H groups in total. The van der Waals surface area contributed by atoms with E-state index in [1.807, 2.05) is 6.07 Å². The lowest BCUT2D eigenvalue weighted by atomic mass is 9.54. The van der Waals surface area contributed by atoms with E-state index in [-0.39, 0.29) is 28.8 Å². The summed E-state index contributed by atoms with van der Waals surface area (Å²) in [6.07, 6.45) is 8.99. The Morgan fingerprint density at radius 3 is 3.04 bits per heavy atom. The molecule has 5 atom stereocenters. The third-order valence-corrected chi connectivity index (χ3v) is 7.77. The summed E-state index contributed by atoms with van der Waals surface area (Å²) < 4.78 is 10.8. The number of benzene rings is 1. The van der Waals surface area contributed by atoms with Crippen molar-refractivity contribution in [2.45, 2.75) is 30.3 Å². The van der Waals surface area contributed by atoms with Gasteiger partial charge >= 0.3 is 5.97 Å². The molecule has 2 bridgehead atoms. The summed E-state index contributed by atoms with van der Waals surface area (Å²) in [5.41, 5.74) is 3.26. The van der Waals surface area contributed by atoms with E-state index in [1.165, 1.54) is 12.7 Å². The average molecular weight is 364 g/mol. The van der Waals surface area contributed by atoms with Crippen molar-refractivity contribution >= 4 is 11.7 Å². The standard InChI is InChI=1S/C22H24N2O3/c1-26-16-6-3-5-15-17(16)23-18-13-11-21(12-14(13)19(25)27-2)7-4-9-24-10-8-22(15,18)20(21)24/h3-7,12-13,18,20,23H,8-11H2,1-2H3/t13-,18?,20-,21+,22?/m0/s1. The lowest BCUT2D eigenvalue weighted by molar-refractivity contribution is -0.136. The summed E-state index contributed by atoms with van der Waals surface area (Å²) >= 11 is 0. The van der Waals surface area contributed by atoms with Crippen LogP contribution >= 0.6 is 0 Å². The Balaban J connectivity index is 1.62. The molecule has 2 fully saturated rings. The molecule has 5 heteroatoms. The number of esters is 1. The molecule has 1 saturated carbocycles. The molecule has 140 valence electrons. The molecular formula is C22H24N2O3. The van der Waals surface area contributed by atoms with Crippen molar-refractivity contribution in [1.82, 2.24) is 4.90 Å². The molecule has 27 heavy (non-hydrogen) atoms. The van der Waals surface area contributed by atoms with Crippen molar-refractivity contribution in [2.75, 3.05) is 32.6 Å². The van der Waals surface area contributed by atoms with Gasteiger partial charge in [-0.2, -0.15) is 0 Å². The molecule has 2 unspecified atom stereocenters. The molecule has 1 aromatic carbocycles. The molecule has 2 aliphatic carbocycles. The van der Waals surface area contributed by atoms with Crippen LogP contribution in [0, 0.1) is 11.3 Å². The number of methoxy groups -OCH3 is 2. The zero-order valence-corrected chi connectivity index (χ0v) is 15.7. The van der Waals surface area contributed by atoms with E-state index in [0.717, 1.165) is 42.9 Å². The van der Waals surface area contributed by atoms with Crippen LogP contribution in [0.25, 0.3) is 0 Å². The van der Waals surface area contributed by atoms with Crippen LogP contribution in [0.1, 0.15) is 18.4 Å². The van der Waals surface area contributed by atoms with E-state index in [9.17, 15) is 4.79 Å². The summed E-state index contributed by atoms with van der Waals surface area (Å²) in [7, 11) is 3.22. The number of anilines is 1. The molecule has 3 heterocycles. The number of hydrogen-bond donors (Lipinski definition) is 1. The van der Waals surface area contributed by atoms with Crippen LogP contribution in [0.3, 0.4) is 0 Å². The first-order chi connectivity index (χ1) is 13.1. The van der Waals surface area contributed by atoms with Gasteiger partial charge in [0.15, 0.2) is 0 Å². The number of carbonyl (C=O) groups is 1. The van der Waals surface area contributed by atoms with Crippen molar-refractivity contribution < 1.29 is 14.3 Å². The first-order valence-electron chi connectivity index (χ1n) is 9.81. The van der Waals surface area contributed by atoms with Gasteiger partial charge in [-0.05, 0) is 31.0 Å². The molecule has 0 radical (unpaired) electrons. The fourth-order valence-corrected chi connectivity index (χ4v) is 7.07. The highest BCUT2D eigenvalue weighted by atomic mass is 16.5. The minimum Gasteiger partial charge on any atom is -0.495 e. The van der Waals surface area contributed by atoms with Crippen LogP contribution in [0.5, 0.6) is 5.75 Å². The largest absolute Gasteiger partial charge is 0.495 e. The van der Waals surface area contributed by atoms with Gasteiger partial charge in [0, 0.05) is 40.9 Å². The van der Waals surface area contributed by atoms with E-state index < -0.39 is 0 Å². The average Bonchev–Trinajstić information content (AvgIpc) is 3.35. The van der Waals surface area contributed by atoms with Crippen LogP contribution in [0.15, 0.2) is 42.0 Å². The predicted molar refractivity (Wildman–Crippen MR) is 102 cm³/mol. The third kappa shape index (κ3) is 1.64. The highest BCUT2D eigenvalue weighted by Crippen LogP contribution is 2.68. The van der Waals surface area contributed by atoms with Gasteiger partial charge < -0.3 is 14.8 Å².